The van der Waals surface area contributed by atoms with E-state index in [-0.39, 0.29) is 0 Å². The Morgan fingerprint density at radius 3 is 2.77 bits per heavy atom. The van der Waals surface area contributed by atoms with Crippen LogP contribution in [0.4, 0.5) is 0 Å². The average Bonchev–Trinajstić information content (AvgIpc) is 2.47. The Bertz CT molecular complexity index is 403. The van der Waals surface area contributed by atoms with Crippen LogP contribution in [0.5, 0.6) is 0 Å². The van der Waals surface area contributed by atoms with Crippen LogP contribution < -0.4 is 0 Å². The molecule has 68 valence electrons. The van der Waals surface area contributed by atoms with Crippen LogP contribution in [0.3, 0.4) is 0 Å². The topological polar surface area (TPSA) is 30.7 Å². The van der Waals surface area contributed by atoms with Crippen LogP contribution in [0.2, 0.25) is 0 Å². The summed E-state index contributed by atoms with van der Waals surface area (Å²) in [5.41, 5.74) is 3.22. The summed E-state index contributed by atoms with van der Waals surface area (Å²) in [6, 6.07) is 0. The molecule has 3 nitrogen and oxygen atoms in total. The summed E-state index contributed by atoms with van der Waals surface area (Å²) in [7, 11) is 2.01. The van der Waals surface area contributed by atoms with Gasteiger partial charge in [-0.15, -0.1) is 0 Å². The molecular weight excluding hydrogens is 162 g/mol. The molecule has 0 bridgehead atoms. The number of rotatable bonds is 1. The molecule has 0 unspecified atom stereocenters. The van der Waals surface area contributed by atoms with E-state index in [9.17, 15) is 0 Å². The lowest BCUT2D eigenvalue weighted by Gasteiger charge is -2.03. The van der Waals surface area contributed by atoms with E-state index in [4.69, 9.17) is 0 Å². The van der Waals surface area contributed by atoms with Crippen molar-refractivity contribution < 1.29 is 0 Å². The number of imidazole rings is 1. The third kappa shape index (κ3) is 1.30. The van der Waals surface area contributed by atoms with Gasteiger partial charge in [-0.1, -0.05) is 6.92 Å². The zero-order valence-corrected chi connectivity index (χ0v) is 8.20. The van der Waals surface area contributed by atoms with E-state index in [1.807, 2.05) is 17.8 Å². The van der Waals surface area contributed by atoms with E-state index in [0.29, 0.717) is 0 Å². The number of hydrogen-bond donors (Lipinski definition) is 0. The monoisotopic (exact) mass is 175 g/mol. The van der Waals surface area contributed by atoms with Crippen molar-refractivity contribution >= 4 is 0 Å². The van der Waals surface area contributed by atoms with Gasteiger partial charge in [0.05, 0.1) is 5.69 Å². The minimum atomic E-state index is 0.901. The van der Waals surface area contributed by atoms with E-state index >= 15 is 0 Å². The van der Waals surface area contributed by atoms with Crippen molar-refractivity contribution in [3.8, 4) is 11.4 Å². The van der Waals surface area contributed by atoms with Crippen LogP contribution in [0, 0.1) is 6.92 Å². The second-order valence-corrected chi connectivity index (χ2v) is 3.33. The molecule has 3 heteroatoms. The maximum absolute atomic E-state index is 4.45. The summed E-state index contributed by atoms with van der Waals surface area (Å²) >= 11 is 0. The van der Waals surface area contributed by atoms with Gasteiger partial charge in [-0.05, 0) is 12.5 Å². The maximum Gasteiger partial charge on any atom is 0.129 e. The second-order valence-electron chi connectivity index (χ2n) is 3.33. The highest BCUT2D eigenvalue weighted by atomic mass is 15.0. The van der Waals surface area contributed by atoms with Crippen molar-refractivity contribution in [3.63, 3.8) is 0 Å². The Kier molecular flexibility index (Phi) is 1.79. The molecule has 0 aromatic heterocycles. The van der Waals surface area contributed by atoms with Crippen molar-refractivity contribution in [2.45, 2.75) is 20.3 Å². The Hall–Kier alpha value is -1.38. The predicted octanol–water partition coefficient (Wildman–Crippen LogP) is 1.79. The lowest BCUT2D eigenvalue weighted by Crippen LogP contribution is -1.94. The van der Waals surface area contributed by atoms with Gasteiger partial charge in [0.25, 0.3) is 0 Å². The second kappa shape index (κ2) is 2.83. The third-order valence-corrected chi connectivity index (χ3v) is 2.15. The van der Waals surface area contributed by atoms with Gasteiger partial charge >= 0.3 is 0 Å². The quantitative estimate of drug-likeness (QED) is 0.661. The molecule has 0 aliphatic carbocycles. The molecule has 0 N–H and O–H groups in total. The van der Waals surface area contributed by atoms with Crippen LogP contribution in [-0.2, 0) is 13.5 Å². The largest absolute Gasteiger partial charge is 0.355 e. The van der Waals surface area contributed by atoms with Crippen molar-refractivity contribution in [3.05, 3.63) is 23.8 Å². The zero-order chi connectivity index (χ0) is 9.42. The fraction of sp³-hybridized carbons (Fsp3) is 0.400. The number of hydrogen-bond acceptors (Lipinski definition) is 2. The molecule has 0 amide bonds. The average molecular weight is 175 g/mol. The van der Waals surface area contributed by atoms with Gasteiger partial charge in [0.2, 0.25) is 0 Å². The first-order valence-corrected chi connectivity index (χ1v) is 4.50. The SMILES string of the molecule is CCc1nc2cn(C)cc(C)c-2n1. The van der Waals surface area contributed by atoms with Gasteiger partial charge in [0, 0.05) is 25.9 Å². The Labute approximate surface area is 77.8 Å². The highest BCUT2D eigenvalue weighted by Gasteiger charge is 2.12. The third-order valence-electron chi connectivity index (χ3n) is 2.15. The summed E-state index contributed by atoms with van der Waals surface area (Å²) in [4.78, 5) is 8.87. The van der Waals surface area contributed by atoms with Crippen LogP contribution in [0.15, 0.2) is 12.4 Å². The summed E-state index contributed by atoms with van der Waals surface area (Å²) in [6.45, 7) is 4.14. The van der Waals surface area contributed by atoms with Crippen molar-refractivity contribution in [1.82, 2.24) is 14.5 Å². The lowest BCUT2D eigenvalue weighted by molar-refractivity contribution is 0.890. The summed E-state index contributed by atoms with van der Waals surface area (Å²) in [5.74, 6) is 0.935. The molecule has 0 saturated carbocycles. The number of aryl methyl sites for hydroxylation is 3. The molecule has 0 radical (unpaired) electrons. The first-order chi connectivity index (χ1) is 6.20. The van der Waals surface area contributed by atoms with Gasteiger partial charge in [-0.2, -0.15) is 0 Å². The summed E-state index contributed by atoms with van der Waals surface area (Å²) < 4.78 is 2.02. The van der Waals surface area contributed by atoms with E-state index < -0.39 is 0 Å². The highest BCUT2D eigenvalue weighted by molar-refractivity contribution is 5.59. The fourth-order valence-corrected chi connectivity index (χ4v) is 1.54. The molecule has 2 aliphatic rings. The normalized spacial score (nSPS) is 11.0. The lowest BCUT2D eigenvalue weighted by atomic mass is 10.2. The molecule has 2 heterocycles. The Morgan fingerprint density at radius 2 is 2.08 bits per heavy atom. The minimum absolute atomic E-state index is 0.901. The van der Waals surface area contributed by atoms with E-state index in [1.54, 1.807) is 0 Å². The number of nitrogens with zero attached hydrogens (tertiary/aromatic N) is 3. The van der Waals surface area contributed by atoms with Crippen LogP contribution in [0.25, 0.3) is 11.4 Å². The molecule has 2 aliphatic heterocycles. The van der Waals surface area contributed by atoms with Crippen molar-refractivity contribution in [2.24, 2.45) is 7.05 Å². The van der Waals surface area contributed by atoms with Crippen molar-refractivity contribution in [1.29, 1.82) is 0 Å². The summed E-state index contributed by atoms with van der Waals surface area (Å²) in [5, 5.41) is 0. The molecular formula is C10H13N3. The van der Waals surface area contributed by atoms with Gasteiger partial charge in [-0.25, -0.2) is 9.97 Å². The van der Waals surface area contributed by atoms with Gasteiger partial charge < -0.3 is 4.57 Å². The molecule has 0 fully saturated rings. The molecule has 2 rings (SSSR count). The van der Waals surface area contributed by atoms with Crippen LogP contribution >= 0.6 is 0 Å². The minimum Gasteiger partial charge on any atom is -0.355 e. The standard InChI is InChI=1S/C10H13N3/c1-4-9-11-8-6-13(3)5-7(2)10(8)12-9/h5-6H,4H2,1-3H3. The summed E-state index contributed by atoms with van der Waals surface area (Å²) in [6.07, 6.45) is 4.97. The smallest absolute Gasteiger partial charge is 0.129 e. The van der Waals surface area contributed by atoms with Crippen LogP contribution in [0.1, 0.15) is 18.3 Å². The molecule has 0 aromatic carbocycles. The van der Waals surface area contributed by atoms with Gasteiger partial charge in [0.1, 0.15) is 11.5 Å². The highest BCUT2D eigenvalue weighted by Crippen LogP contribution is 2.21. The van der Waals surface area contributed by atoms with E-state index in [2.05, 4.69) is 30.0 Å². The number of fused-ring (bicyclic) bond motifs is 1. The van der Waals surface area contributed by atoms with Gasteiger partial charge in [0.15, 0.2) is 0 Å². The molecule has 0 spiro atoms. The number of pyridine rings is 1. The number of aromatic nitrogens is 3. The molecule has 0 aromatic rings. The molecule has 0 saturated heterocycles. The Balaban J connectivity index is 2.68. The first kappa shape index (κ1) is 8.23. The van der Waals surface area contributed by atoms with Crippen LogP contribution in [-0.4, -0.2) is 14.5 Å². The predicted molar refractivity (Wildman–Crippen MR) is 51.7 cm³/mol. The Morgan fingerprint density at radius 1 is 1.31 bits per heavy atom. The molecule has 13 heavy (non-hydrogen) atoms. The zero-order valence-electron chi connectivity index (χ0n) is 8.20. The molecule has 0 atom stereocenters. The van der Waals surface area contributed by atoms with E-state index in [1.165, 1.54) is 5.56 Å². The van der Waals surface area contributed by atoms with Crippen molar-refractivity contribution in [2.75, 3.05) is 0 Å². The fourth-order valence-electron chi connectivity index (χ4n) is 1.54. The maximum atomic E-state index is 4.45. The first-order valence-electron chi connectivity index (χ1n) is 4.50. The van der Waals surface area contributed by atoms with Gasteiger partial charge in [-0.3, -0.25) is 0 Å². The van der Waals surface area contributed by atoms with E-state index in [0.717, 1.165) is 23.6 Å².